The van der Waals surface area contributed by atoms with Gasteiger partial charge in [0, 0.05) is 39.8 Å². The Bertz CT molecular complexity index is 2170. The quantitative estimate of drug-likeness (QED) is 0.216. The highest BCUT2D eigenvalue weighted by molar-refractivity contribution is 6.38. The first-order valence-corrected chi connectivity index (χ1v) is 13.2. The summed E-state index contributed by atoms with van der Waals surface area (Å²) in [5.41, 5.74) is 7.64. The maximum absolute atomic E-state index is 2.41. The molecule has 0 saturated carbocycles. The summed E-state index contributed by atoms with van der Waals surface area (Å²) in [6.07, 6.45) is 0. The number of rotatable bonds is 2. The predicted molar refractivity (Wildman–Crippen MR) is 164 cm³/mol. The molecular weight excluding hydrogens is 458 g/mol. The first-order valence-electron chi connectivity index (χ1n) is 13.2. The zero-order valence-electron chi connectivity index (χ0n) is 21.1. The van der Waals surface area contributed by atoms with E-state index in [0.717, 1.165) is 0 Å². The molecule has 0 unspecified atom stereocenters. The summed E-state index contributed by atoms with van der Waals surface area (Å²) in [6, 6.07) is 48.6. The van der Waals surface area contributed by atoms with Crippen molar-refractivity contribution >= 4 is 54.1 Å². The van der Waals surface area contributed by atoms with E-state index in [-0.39, 0.29) is 0 Å². The molecule has 8 aromatic rings. The van der Waals surface area contributed by atoms with Crippen LogP contribution in [-0.2, 0) is 7.05 Å². The van der Waals surface area contributed by atoms with E-state index in [9.17, 15) is 0 Å². The molecule has 0 fully saturated rings. The van der Waals surface area contributed by atoms with Gasteiger partial charge in [-0.05, 0) is 44.1 Å². The number of benzene rings is 7. The molecule has 38 heavy (non-hydrogen) atoms. The third-order valence-corrected chi connectivity index (χ3v) is 8.15. The van der Waals surface area contributed by atoms with Gasteiger partial charge < -0.3 is 4.57 Å². The van der Waals surface area contributed by atoms with Gasteiger partial charge in [0.2, 0.25) is 0 Å². The Hall–Kier alpha value is -4.88. The number of para-hydroxylation sites is 1. The summed E-state index contributed by atoms with van der Waals surface area (Å²) < 4.78 is 2.41. The number of aryl methyl sites for hydroxylation is 1. The van der Waals surface area contributed by atoms with Crippen LogP contribution in [0.3, 0.4) is 0 Å². The van der Waals surface area contributed by atoms with Gasteiger partial charge in [-0.2, -0.15) is 0 Å². The Morgan fingerprint density at radius 2 is 0.789 bits per heavy atom. The summed E-state index contributed by atoms with van der Waals surface area (Å²) in [4.78, 5) is 0. The van der Waals surface area contributed by atoms with E-state index in [0.29, 0.717) is 0 Å². The normalized spacial score (nSPS) is 11.8. The van der Waals surface area contributed by atoms with Crippen LogP contribution in [0.15, 0.2) is 133 Å². The van der Waals surface area contributed by atoms with Gasteiger partial charge in [0.05, 0.1) is 5.52 Å². The molecule has 8 rings (SSSR count). The Balaban J connectivity index is 1.83. The molecule has 0 aliphatic rings. The van der Waals surface area contributed by atoms with Crippen molar-refractivity contribution in [3.8, 4) is 22.3 Å². The number of fused-ring (bicyclic) bond motifs is 9. The van der Waals surface area contributed by atoms with Gasteiger partial charge in [-0.3, -0.25) is 0 Å². The molecule has 0 aliphatic heterocycles. The topological polar surface area (TPSA) is 4.93 Å². The van der Waals surface area contributed by atoms with E-state index in [4.69, 9.17) is 0 Å². The van der Waals surface area contributed by atoms with Crippen LogP contribution in [0.25, 0.3) is 76.4 Å². The van der Waals surface area contributed by atoms with Crippen molar-refractivity contribution in [2.24, 2.45) is 7.05 Å². The minimum absolute atomic E-state index is 1.24. The molecule has 0 spiro atoms. The van der Waals surface area contributed by atoms with Gasteiger partial charge in [-0.25, -0.2) is 0 Å². The van der Waals surface area contributed by atoms with Crippen LogP contribution >= 0.6 is 0 Å². The fraction of sp³-hybridized carbons (Fsp3) is 0.0270. The van der Waals surface area contributed by atoms with Crippen molar-refractivity contribution < 1.29 is 0 Å². The maximum atomic E-state index is 2.41. The molecule has 1 heteroatoms. The molecule has 1 heterocycles. The van der Waals surface area contributed by atoms with Gasteiger partial charge in [0.15, 0.2) is 0 Å². The third kappa shape index (κ3) is 2.82. The summed E-state index contributed by atoms with van der Waals surface area (Å²) in [5, 5.41) is 10.4. The minimum Gasteiger partial charge on any atom is -0.343 e. The predicted octanol–water partition coefficient (Wildman–Crippen LogP) is 10.1. The molecule has 0 amide bonds. The van der Waals surface area contributed by atoms with Crippen LogP contribution in [0.1, 0.15) is 0 Å². The highest BCUT2D eigenvalue weighted by Gasteiger charge is 2.25. The van der Waals surface area contributed by atoms with E-state index >= 15 is 0 Å². The lowest BCUT2D eigenvalue weighted by atomic mass is 9.83. The van der Waals surface area contributed by atoms with Crippen molar-refractivity contribution in [2.45, 2.75) is 0 Å². The number of aromatic nitrogens is 1. The molecule has 0 atom stereocenters. The van der Waals surface area contributed by atoms with Crippen LogP contribution in [0.5, 0.6) is 0 Å². The second-order valence-corrected chi connectivity index (χ2v) is 10.1. The molecule has 7 aromatic carbocycles. The number of hydrogen-bond donors (Lipinski definition) is 0. The fourth-order valence-corrected chi connectivity index (χ4v) is 6.62. The molecule has 1 aromatic heterocycles. The van der Waals surface area contributed by atoms with Crippen LogP contribution in [-0.4, -0.2) is 4.57 Å². The lowest BCUT2D eigenvalue weighted by Gasteiger charge is -2.21. The van der Waals surface area contributed by atoms with Gasteiger partial charge in [0.25, 0.3) is 0 Å². The Kier molecular flexibility index (Phi) is 4.50. The lowest BCUT2D eigenvalue weighted by molar-refractivity contribution is 1.02. The van der Waals surface area contributed by atoms with E-state index < -0.39 is 0 Å². The number of hydrogen-bond acceptors (Lipinski definition) is 0. The first kappa shape index (κ1) is 21.2. The van der Waals surface area contributed by atoms with Crippen molar-refractivity contribution in [2.75, 3.05) is 0 Å². The van der Waals surface area contributed by atoms with Crippen molar-refractivity contribution in [1.82, 2.24) is 4.57 Å². The largest absolute Gasteiger partial charge is 0.343 e. The summed E-state index contributed by atoms with van der Waals surface area (Å²) >= 11 is 0. The van der Waals surface area contributed by atoms with Crippen LogP contribution < -0.4 is 0 Å². The third-order valence-electron chi connectivity index (χ3n) is 8.15. The van der Waals surface area contributed by atoms with E-state index in [1.54, 1.807) is 0 Å². The Morgan fingerprint density at radius 1 is 0.368 bits per heavy atom. The Morgan fingerprint density at radius 3 is 1.37 bits per heavy atom. The second-order valence-electron chi connectivity index (χ2n) is 10.1. The van der Waals surface area contributed by atoms with Crippen molar-refractivity contribution in [1.29, 1.82) is 0 Å². The molecule has 0 N–H and O–H groups in total. The van der Waals surface area contributed by atoms with Gasteiger partial charge in [-0.15, -0.1) is 0 Å². The monoisotopic (exact) mass is 483 g/mol. The van der Waals surface area contributed by atoms with Crippen LogP contribution in [0.2, 0.25) is 0 Å². The Labute approximate surface area is 221 Å². The molecule has 1 nitrogen and oxygen atoms in total. The smallest absolute Gasteiger partial charge is 0.0581 e. The zero-order valence-corrected chi connectivity index (χ0v) is 21.1. The van der Waals surface area contributed by atoms with E-state index in [1.165, 1.54) is 76.4 Å². The van der Waals surface area contributed by atoms with Crippen LogP contribution in [0.4, 0.5) is 0 Å². The molecule has 178 valence electrons. The lowest BCUT2D eigenvalue weighted by Crippen LogP contribution is -1.96. The highest BCUT2D eigenvalue weighted by Crippen LogP contribution is 2.51. The van der Waals surface area contributed by atoms with Crippen molar-refractivity contribution in [3.63, 3.8) is 0 Å². The SMILES string of the molecule is Cn1c2ccccc2c2c(-c3ccccc3)c3c4ccccc4c4ccccc4c3c(-c3ccccc3)c21. The minimum atomic E-state index is 1.24. The van der Waals surface area contributed by atoms with Gasteiger partial charge >= 0.3 is 0 Å². The number of nitrogens with zero attached hydrogens (tertiary/aromatic N) is 1. The summed E-state index contributed by atoms with van der Waals surface area (Å²) in [7, 11) is 2.22. The standard InChI is InChI=1S/C37H25N/c1-38-31-23-13-12-22-30(31)36-32(24-14-4-2-5-15-24)34-28-20-10-8-18-26(28)27-19-9-11-21-29(27)35(34)33(37(36)38)25-16-6-3-7-17-25/h2-23H,1H3. The average molecular weight is 484 g/mol. The molecular formula is C37H25N. The first-order chi connectivity index (χ1) is 18.8. The molecule has 0 aliphatic carbocycles. The van der Waals surface area contributed by atoms with Gasteiger partial charge in [-0.1, -0.05) is 127 Å². The molecule has 0 radical (unpaired) electrons. The van der Waals surface area contributed by atoms with Gasteiger partial charge in [0.1, 0.15) is 0 Å². The van der Waals surface area contributed by atoms with Crippen molar-refractivity contribution in [3.05, 3.63) is 133 Å². The molecule has 0 saturated heterocycles. The molecule has 0 bridgehead atoms. The van der Waals surface area contributed by atoms with E-state index in [2.05, 4.69) is 145 Å². The van der Waals surface area contributed by atoms with Crippen LogP contribution in [0, 0.1) is 0 Å². The fourth-order valence-electron chi connectivity index (χ4n) is 6.62. The average Bonchev–Trinajstić information content (AvgIpc) is 3.29. The summed E-state index contributed by atoms with van der Waals surface area (Å²) in [6.45, 7) is 0. The second kappa shape index (κ2) is 8.06. The summed E-state index contributed by atoms with van der Waals surface area (Å²) in [5.74, 6) is 0. The zero-order chi connectivity index (χ0) is 25.2. The highest BCUT2D eigenvalue weighted by atomic mass is 14.9. The van der Waals surface area contributed by atoms with E-state index in [1.807, 2.05) is 0 Å². The maximum Gasteiger partial charge on any atom is 0.0581 e.